The monoisotopic (exact) mass is 316 g/mol. The van der Waals surface area contributed by atoms with E-state index >= 15 is 0 Å². The Morgan fingerprint density at radius 3 is 2.78 bits per heavy atom. The molecule has 2 heterocycles. The van der Waals surface area contributed by atoms with Crippen LogP contribution >= 0.6 is 0 Å². The van der Waals surface area contributed by atoms with Crippen molar-refractivity contribution >= 4 is 29.4 Å². The van der Waals surface area contributed by atoms with Gasteiger partial charge in [-0.2, -0.15) is 0 Å². The van der Waals surface area contributed by atoms with Gasteiger partial charge in [-0.25, -0.2) is 9.18 Å². The molecule has 7 heteroatoms. The second kappa shape index (κ2) is 5.28. The highest BCUT2D eigenvalue weighted by atomic mass is 19.1. The lowest BCUT2D eigenvalue weighted by atomic mass is 10.0. The SMILES string of the molecule is Cc1[nH]c(/C=C2\C(=O)Nc3ccc(F)cc32)c(C)c1OC(=O)O. The number of hydrogen-bond donors (Lipinski definition) is 3. The molecule has 3 N–H and O–H groups in total. The number of fused-ring (bicyclic) bond motifs is 1. The summed E-state index contributed by atoms with van der Waals surface area (Å²) in [7, 11) is 0. The van der Waals surface area contributed by atoms with E-state index in [9.17, 15) is 14.0 Å². The first-order valence-corrected chi connectivity index (χ1v) is 6.79. The molecule has 1 amide bonds. The summed E-state index contributed by atoms with van der Waals surface area (Å²) in [6.07, 6.45) is 0.137. The van der Waals surface area contributed by atoms with Crippen LogP contribution in [-0.2, 0) is 4.79 Å². The first kappa shape index (κ1) is 14.8. The van der Waals surface area contributed by atoms with Crippen LogP contribution in [0.15, 0.2) is 18.2 Å². The summed E-state index contributed by atoms with van der Waals surface area (Å²) < 4.78 is 18.2. The molecule has 0 fully saturated rings. The van der Waals surface area contributed by atoms with Gasteiger partial charge >= 0.3 is 6.16 Å². The number of rotatable bonds is 2. The molecule has 0 unspecified atom stereocenters. The molecule has 118 valence electrons. The summed E-state index contributed by atoms with van der Waals surface area (Å²) in [6, 6.07) is 4.04. The van der Waals surface area contributed by atoms with Crippen molar-refractivity contribution in [3.8, 4) is 5.75 Å². The maximum atomic E-state index is 13.4. The topological polar surface area (TPSA) is 91.4 Å². The summed E-state index contributed by atoms with van der Waals surface area (Å²) >= 11 is 0. The minimum atomic E-state index is -1.42. The third-order valence-electron chi connectivity index (χ3n) is 3.65. The van der Waals surface area contributed by atoms with E-state index in [1.165, 1.54) is 18.2 Å². The van der Waals surface area contributed by atoms with Crippen molar-refractivity contribution in [1.29, 1.82) is 0 Å². The Bertz CT molecular complexity index is 867. The van der Waals surface area contributed by atoms with Gasteiger partial charge in [0.05, 0.1) is 11.3 Å². The fourth-order valence-electron chi connectivity index (χ4n) is 2.59. The number of nitrogens with one attached hydrogen (secondary N) is 2. The van der Waals surface area contributed by atoms with E-state index in [2.05, 4.69) is 10.3 Å². The largest absolute Gasteiger partial charge is 0.511 e. The number of aromatic nitrogens is 1. The van der Waals surface area contributed by atoms with Crippen LogP contribution in [0.3, 0.4) is 0 Å². The summed E-state index contributed by atoms with van der Waals surface area (Å²) in [5.74, 6) is -0.597. The van der Waals surface area contributed by atoms with E-state index in [-0.39, 0.29) is 11.7 Å². The van der Waals surface area contributed by atoms with Crippen molar-refractivity contribution in [3.05, 3.63) is 46.5 Å². The van der Waals surface area contributed by atoms with Gasteiger partial charge in [-0.15, -0.1) is 0 Å². The molecule has 1 aromatic heterocycles. The van der Waals surface area contributed by atoms with Crippen LogP contribution < -0.4 is 10.1 Å². The number of ether oxygens (including phenoxy) is 1. The number of hydrogen-bond acceptors (Lipinski definition) is 3. The number of halogens is 1. The lowest BCUT2D eigenvalue weighted by Crippen LogP contribution is -2.04. The van der Waals surface area contributed by atoms with Gasteiger partial charge in [0, 0.05) is 22.5 Å². The van der Waals surface area contributed by atoms with Crippen LogP contribution in [0.5, 0.6) is 5.75 Å². The maximum Gasteiger partial charge on any atom is 0.511 e. The van der Waals surface area contributed by atoms with Gasteiger partial charge in [-0.3, -0.25) is 4.79 Å². The minimum Gasteiger partial charge on any atom is -0.449 e. The fraction of sp³-hybridized carbons (Fsp3) is 0.125. The van der Waals surface area contributed by atoms with E-state index in [4.69, 9.17) is 9.84 Å². The Kier molecular flexibility index (Phi) is 3.40. The summed E-state index contributed by atoms with van der Waals surface area (Å²) in [5.41, 5.74) is 2.89. The second-order valence-electron chi connectivity index (χ2n) is 5.19. The molecule has 3 rings (SSSR count). The van der Waals surface area contributed by atoms with E-state index in [1.807, 2.05) is 0 Å². The number of H-pyrrole nitrogens is 1. The Morgan fingerprint density at radius 1 is 1.35 bits per heavy atom. The van der Waals surface area contributed by atoms with Gasteiger partial charge in [0.25, 0.3) is 5.91 Å². The van der Waals surface area contributed by atoms with E-state index in [0.29, 0.717) is 33.8 Å². The molecule has 0 spiro atoms. The Labute approximate surface area is 130 Å². The zero-order valence-corrected chi connectivity index (χ0v) is 12.4. The fourth-order valence-corrected chi connectivity index (χ4v) is 2.59. The number of carbonyl (C=O) groups excluding carboxylic acids is 1. The van der Waals surface area contributed by atoms with Crippen LogP contribution in [-0.4, -0.2) is 22.2 Å². The third-order valence-corrected chi connectivity index (χ3v) is 3.65. The summed E-state index contributed by atoms with van der Waals surface area (Å²) in [5, 5.41) is 11.4. The van der Waals surface area contributed by atoms with Gasteiger partial charge in [-0.05, 0) is 38.1 Å². The highest BCUT2D eigenvalue weighted by Gasteiger charge is 2.25. The molecule has 2 aromatic rings. The van der Waals surface area contributed by atoms with Gasteiger partial charge in [-0.1, -0.05) is 0 Å². The lowest BCUT2D eigenvalue weighted by Gasteiger charge is -2.00. The molecule has 23 heavy (non-hydrogen) atoms. The molecule has 0 aliphatic carbocycles. The number of aromatic amines is 1. The Balaban J connectivity index is 2.08. The maximum absolute atomic E-state index is 13.4. The van der Waals surface area contributed by atoms with E-state index < -0.39 is 12.0 Å². The second-order valence-corrected chi connectivity index (χ2v) is 5.19. The van der Waals surface area contributed by atoms with E-state index in [0.717, 1.165) is 0 Å². The van der Waals surface area contributed by atoms with Crippen LogP contribution in [0.4, 0.5) is 14.9 Å². The number of anilines is 1. The van der Waals surface area contributed by atoms with Crippen molar-refractivity contribution < 1.29 is 23.8 Å². The van der Waals surface area contributed by atoms with Crippen LogP contribution in [0, 0.1) is 19.7 Å². The standard InChI is InChI=1S/C16H13FN2O4/c1-7-13(18-8(2)14(7)23-16(21)22)6-11-10-5-9(17)3-4-12(10)19-15(11)20/h3-6,18H,1-2H3,(H,19,20)(H,21,22)/b11-6-. The van der Waals surface area contributed by atoms with Gasteiger partial charge in [0.1, 0.15) is 5.82 Å². The number of amides is 1. The average molecular weight is 316 g/mol. The zero-order chi connectivity index (χ0) is 16.7. The predicted molar refractivity (Wildman–Crippen MR) is 81.8 cm³/mol. The molecule has 0 bridgehead atoms. The quantitative estimate of drug-likeness (QED) is 0.585. The van der Waals surface area contributed by atoms with Crippen LogP contribution in [0.1, 0.15) is 22.5 Å². The number of aryl methyl sites for hydroxylation is 1. The minimum absolute atomic E-state index is 0.197. The molecule has 0 atom stereocenters. The van der Waals surface area contributed by atoms with Crippen molar-refractivity contribution in [2.45, 2.75) is 13.8 Å². The predicted octanol–water partition coefficient (Wildman–Crippen LogP) is 3.32. The van der Waals surface area contributed by atoms with Gasteiger partial charge < -0.3 is 20.1 Å². The third kappa shape index (κ3) is 2.57. The van der Waals surface area contributed by atoms with Crippen LogP contribution in [0.25, 0.3) is 11.6 Å². The Morgan fingerprint density at radius 2 is 2.09 bits per heavy atom. The highest BCUT2D eigenvalue weighted by molar-refractivity contribution is 6.34. The molecule has 1 aromatic carbocycles. The molecule has 0 radical (unpaired) electrons. The molecule has 0 saturated carbocycles. The van der Waals surface area contributed by atoms with Crippen molar-refractivity contribution in [2.75, 3.05) is 5.32 Å². The molecular formula is C16H13FN2O4. The average Bonchev–Trinajstić information content (AvgIpc) is 2.91. The first-order valence-electron chi connectivity index (χ1n) is 6.79. The van der Waals surface area contributed by atoms with Gasteiger partial charge in [0.15, 0.2) is 5.75 Å². The lowest BCUT2D eigenvalue weighted by molar-refractivity contribution is -0.110. The number of carboxylic acid groups (broad SMARTS) is 1. The number of benzene rings is 1. The van der Waals surface area contributed by atoms with Gasteiger partial charge in [0.2, 0.25) is 0 Å². The van der Waals surface area contributed by atoms with Crippen molar-refractivity contribution in [2.24, 2.45) is 0 Å². The molecule has 1 aliphatic heterocycles. The summed E-state index contributed by atoms with van der Waals surface area (Å²) in [4.78, 5) is 25.8. The first-order chi connectivity index (χ1) is 10.9. The number of carbonyl (C=O) groups is 2. The zero-order valence-electron chi connectivity index (χ0n) is 12.4. The van der Waals surface area contributed by atoms with Crippen molar-refractivity contribution in [3.63, 3.8) is 0 Å². The molecule has 0 saturated heterocycles. The molecular weight excluding hydrogens is 303 g/mol. The van der Waals surface area contributed by atoms with Crippen LogP contribution in [0.2, 0.25) is 0 Å². The highest BCUT2D eigenvalue weighted by Crippen LogP contribution is 2.35. The normalized spacial score (nSPS) is 14.7. The smallest absolute Gasteiger partial charge is 0.449 e. The Hall–Kier alpha value is -3.09. The van der Waals surface area contributed by atoms with Crippen molar-refractivity contribution in [1.82, 2.24) is 4.98 Å². The molecule has 6 nitrogen and oxygen atoms in total. The molecule has 1 aliphatic rings. The van der Waals surface area contributed by atoms with E-state index in [1.54, 1.807) is 19.9 Å². The summed E-state index contributed by atoms with van der Waals surface area (Å²) in [6.45, 7) is 3.34.